The van der Waals surface area contributed by atoms with Crippen molar-refractivity contribution in [2.24, 2.45) is 0 Å². The van der Waals surface area contributed by atoms with Gasteiger partial charge in [-0.05, 0) is 0 Å². The number of rotatable bonds is 0. The van der Waals surface area contributed by atoms with Gasteiger partial charge in [0.2, 0.25) is 0 Å². The fraction of sp³-hybridized carbons (Fsp3) is 0.222. The molecule has 0 aliphatic heterocycles. The van der Waals surface area contributed by atoms with Crippen LogP contribution in [0.25, 0.3) is 0 Å². The predicted molar refractivity (Wildman–Crippen MR) is 62.0 cm³/mol. The van der Waals surface area contributed by atoms with Crippen LogP contribution in [0.2, 0.25) is 5.02 Å². The van der Waals surface area contributed by atoms with E-state index in [0.717, 1.165) is 11.4 Å². The minimum Gasteiger partial charge on any atom is -0.344 e. The Morgan fingerprint density at radius 1 is 1.58 bits per heavy atom. The van der Waals surface area contributed by atoms with Gasteiger partial charge in [-0.1, -0.05) is 11.9 Å². The summed E-state index contributed by atoms with van der Waals surface area (Å²) >= 11 is 5.51. The van der Waals surface area contributed by atoms with Crippen LogP contribution >= 0.6 is 28.6 Å². The van der Waals surface area contributed by atoms with Crippen LogP contribution in [0.4, 0.5) is 0 Å². The van der Waals surface area contributed by atoms with Crippen LogP contribution in [0.1, 0.15) is 13.3 Å². The first kappa shape index (κ1) is 18.5. The van der Waals surface area contributed by atoms with Crippen LogP contribution in [0.3, 0.4) is 0 Å². The van der Waals surface area contributed by atoms with Gasteiger partial charge in [0, 0.05) is 0 Å². The van der Waals surface area contributed by atoms with Gasteiger partial charge >= 0.3 is 23.1 Å². The number of benzene rings is 1. The monoisotopic (exact) mass is 258 g/mol. The van der Waals surface area contributed by atoms with Crippen LogP contribution in [-0.2, 0) is 0 Å². The van der Waals surface area contributed by atoms with Gasteiger partial charge in [-0.3, -0.25) is 0 Å². The molecule has 12 heavy (non-hydrogen) atoms. The van der Waals surface area contributed by atoms with Crippen LogP contribution in [0, 0.1) is 13.0 Å². The van der Waals surface area contributed by atoms with E-state index < -0.39 is 0 Å². The Balaban J connectivity index is -0.000000146. The Labute approximate surface area is 107 Å². The average molecular weight is 260 g/mol. The Kier molecular flexibility index (Phi) is 22.1. The molecule has 0 saturated carbocycles. The van der Waals surface area contributed by atoms with E-state index in [-0.39, 0.29) is 40.0 Å². The minimum absolute atomic E-state index is 0. The summed E-state index contributed by atoms with van der Waals surface area (Å²) in [7, 11) is 0. The molecule has 64 valence electrons. The van der Waals surface area contributed by atoms with E-state index in [4.69, 9.17) is 11.6 Å². The standard InChI is InChI=1S/C6H4Cl.C3H7.BrH.Mg/c7-6-4-2-1-3-5-6;1-3-2;;/h1-2,4-5H;1,3H2,2H3;1H;/q2*-1;;+2. The van der Waals surface area contributed by atoms with Gasteiger partial charge < -0.3 is 6.92 Å². The van der Waals surface area contributed by atoms with Crippen molar-refractivity contribution >= 4 is 51.6 Å². The molecule has 1 aromatic rings. The molecular weight excluding hydrogens is 248 g/mol. The number of hydrogen-bond acceptors (Lipinski definition) is 0. The molecule has 0 amide bonds. The van der Waals surface area contributed by atoms with E-state index in [1.165, 1.54) is 0 Å². The van der Waals surface area contributed by atoms with Crippen molar-refractivity contribution in [3.8, 4) is 0 Å². The van der Waals surface area contributed by atoms with Gasteiger partial charge in [0.1, 0.15) is 0 Å². The largest absolute Gasteiger partial charge is 2.00 e. The molecule has 0 nitrogen and oxygen atoms in total. The quantitative estimate of drug-likeness (QED) is 0.494. The number of halogens is 2. The fourth-order valence-corrected chi connectivity index (χ4v) is 0.507. The Morgan fingerprint density at radius 2 is 2.08 bits per heavy atom. The maximum atomic E-state index is 5.51. The summed E-state index contributed by atoms with van der Waals surface area (Å²) in [5.41, 5.74) is 0. The summed E-state index contributed by atoms with van der Waals surface area (Å²) in [6.45, 7) is 5.50. The molecule has 0 N–H and O–H groups in total. The molecule has 0 saturated heterocycles. The van der Waals surface area contributed by atoms with Gasteiger partial charge in [0.25, 0.3) is 0 Å². The normalized spacial score (nSPS) is 6.58. The van der Waals surface area contributed by atoms with Gasteiger partial charge in [-0.15, -0.1) is 17.0 Å². The predicted octanol–water partition coefficient (Wildman–Crippen LogP) is 3.57. The third kappa shape index (κ3) is 13.4. The van der Waals surface area contributed by atoms with E-state index in [1.807, 2.05) is 25.1 Å². The molecule has 0 bridgehead atoms. The molecule has 1 aromatic carbocycles. The average Bonchev–Trinajstić information content (AvgIpc) is 1.91. The second kappa shape index (κ2) is 14.3. The summed E-state index contributed by atoms with van der Waals surface area (Å²) in [6, 6.07) is 10.0. The second-order valence-corrected chi connectivity index (χ2v) is 2.16. The van der Waals surface area contributed by atoms with Crippen LogP contribution < -0.4 is 0 Å². The van der Waals surface area contributed by atoms with Gasteiger partial charge in [-0.25, -0.2) is 0 Å². The molecule has 0 heterocycles. The Bertz CT molecular complexity index is 156. The molecule has 0 atom stereocenters. The zero-order valence-electron chi connectivity index (χ0n) is 7.22. The maximum Gasteiger partial charge on any atom is 2.00 e. The van der Waals surface area contributed by atoms with E-state index in [2.05, 4.69) is 13.0 Å². The molecular formula is C9H12BrClMg. The second-order valence-electron chi connectivity index (χ2n) is 1.72. The molecule has 1 rings (SSSR count). The minimum atomic E-state index is 0. The molecule has 0 aliphatic carbocycles. The molecule has 0 fully saturated rings. The van der Waals surface area contributed by atoms with Crippen molar-refractivity contribution in [2.75, 3.05) is 0 Å². The topological polar surface area (TPSA) is 0 Å². The van der Waals surface area contributed by atoms with Crippen molar-refractivity contribution in [1.29, 1.82) is 0 Å². The third-order valence-corrected chi connectivity index (χ3v) is 0.904. The first-order valence-electron chi connectivity index (χ1n) is 3.22. The first-order chi connectivity index (χ1) is 4.81. The summed E-state index contributed by atoms with van der Waals surface area (Å²) < 4.78 is 0. The van der Waals surface area contributed by atoms with E-state index in [1.54, 1.807) is 6.07 Å². The zero-order valence-corrected chi connectivity index (χ0v) is 11.1. The van der Waals surface area contributed by atoms with E-state index in [0.29, 0.717) is 0 Å². The maximum absolute atomic E-state index is 5.51. The van der Waals surface area contributed by atoms with E-state index in [9.17, 15) is 0 Å². The van der Waals surface area contributed by atoms with Gasteiger partial charge in [0.05, 0.1) is 0 Å². The van der Waals surface area contributed by atoms with Crippen molar-refractivity contribution < 1.29 is 0 Å². The summed E-state index contributed by atoms with van der Waals surface area (Å²) in [4.78, 5) is 0. The molecule has 3 heteroatoms. The van der Waals surface area contributed by atoms with Gasteiger partial charge in [-0.2, -0.15) is 48.4 Å². The van der Waals surface area contributed by atoms with Gasteiger partial charge in [0.15, 0.2) is 0 Å². The molecule has 0 spiro atoms. The molecule has 0 unspecified atom stereocenters. The Morgan fingerprint density at radius 3 is 2.25 bits per heavy atom. The number of hydrogen-bond donors (Lipinski definition) is 0. The zero-order chi connectivity index (χ0) is 7.82. The van der Waals surface area contributed by atoms with Crippen molar-refractivity contribution in [3.63, 3.8) is 0 Å². The molecule has 0 aromatic heterocycles. The summed E-state index contributed by atoms with van der Waals surface area (Å²) in [6.07, 6.45) is 1.00. The Hall–Kier alpha value is 0.756. The fourth-order valence-electron chi connectivity index (χ4n) is 0.371. The van der Waals surface area contributed by atoms with Crippen molar-refractivity contribution in [1.82, 2.24) is 0 Å². The first-order valence-corrected chi connectivity index (χ1v) is 3.60. The third-order valence-electron chi connectivity index (χ3n) is 0.669. The molecule has 0 radical (unpaired) electrons. The van der Waals surface area contributed by atoms with E-state index >= 15 is 0 Å². The van der Waals surface area contributed by atoms with Crippen LogP contribution in [-0.4, -0.2) is 23.1 Å². The van der Waals surface area contributed by atoms with Crippen LogP contribution in [0.15, 0.2) is 24.3 Å². The van der Waals surface area contributed by atoms with Crippen LogP contribution in [0.5, 0.6) is 0 Å². The summed E-state index contributed by atoms with van der Waals surface area (Å²) in [5.74, 6) is 0. The van der Waals surface area contributed by atoms with Crippen molar-refractivity contribution in [3.05, 3.63) is 42.3 Å². The summed E-state index contributed by atoms with van der Waals surface area (Å²) in [5, 5.41) is 0.738. The molecule has 0 aliphatic rings. The SMILES string of the molecule is Br.Clc1c[c-]ccc1.[CH2-]CC.[Mg+2]. The smallest absolute Gasteiger partial charge is 0.344 e. The van der Waals surface area contributed by atoms with Crippen molar-refractivity contribution in [2.45, 2.75) is 13.3 Å².